The summed E-state index contributed by atoms with van der Waals surface area (Å²) in [5.74, 6) is 0.540. The lowest BCUT2D eigenvalue weighted by Crippen LogP contribution is -2.37. The number of rotatable bonds is 4. The molecule has 0 aliphatic rings. The first-order chi connectivity index (χ1) is 7.85. The fourth-order valence-corrected chi connectivity index (χ4v) is 1.60. The molecular formula is C15H22N2. The third kappa shape index (κ3) is 3.87. The molecule has 0 spiro atoms. The molecule has 0 saturated carbocycles. The molecule has 0 amide bonds. The summed E-state index contributed by atoms with van der Waals surface area (Å²) in [5.41, 5.74) is 3.43. The Balaban J connectivity index is 2.84. The molecule has 0 atom stereocenters. The van der Waals surface area contributed by atoms with Crippen LogP contribution in [-0.2, 0) is 6.54 Å². The summed E-state index contributed by atoms with van der Waals surface area (Å²) >= 11 is 0. The maximum Gasteiger partial charge on any atom is 0.101 e. The van der Waals surface area contributed by atoms with Crippen molar-refractivity contribution in [3.63, 3.8) is 0 Å². The van der Waals surface area contributed by atoms with Gasteiger partial charge in [0.25, 0.3) is 0 Å². The Kier molecular flexibility index (Phi) is 4.31. The molecule has 0 aliphatic carbocycles. The Morgan fingerprint density at radius 2 is 2.00 bits per heavy atom. The number of nitrogens with one attached hydrogen (secondary N) is 1. The molecule has 1 aromatic rings. The van der Waals surface area contributed by atoms with Gasteiger partial charge in [0.15, 0.2) is 0 Å². The van der Waals surface area contributed by atoms with E-state index in [1.54, 1.807) is 0 Å². The van der Waals surface area contributed by atoms with Crippen LogP contribution in [0.15, 0.2) is 18.2 Å². The Bertz CT molecular complexity index is 425. The Morgan fingerprint density at radius 3 is 2.53 bits per heavy atom. The van der Waals surface area contributed by atoms with Crippen LogP contribution >= 0.6 is 0 Å². The second-order valence-electron chi connectivity index (χ2n) is 5.43. The van der Waals surface area contributed by atoms with Gasteiger partial charge in [-0.05, 0) is 43.4 Å². The highest BCUT2D eigenvalue weighted by molar-refractivity contribution is 5.32. The highest BCUT2D eigenvalue weighted by Gasteiger charge is 2.15. The fourth-order valence-electron chi connectivity index (χ4n) is 1.60. The zero-order valence-electron chi connectivity index (χ0n) is 11.5. The Hall–Kier alpha value is -1.33. The van der Waals surface area contributed by atoms with Crippen molar-refractivity contribution in [1.29, 1.82) is 5.26 Å². The molecule has 0 bridgehead atoms. The molecule has 1 N–H and O–H groups in total. The van der Waals surface area contributed by atoms with Crippen molar-refractivity contribution in [1.82, 2.24) is 5.32 Å². The standard InChI is InChI=1S/C15H22N2/c1-11(2)13-7-6-12(3)14(8-13)9-17-15(4,5)10-16/h6-8,11,17H,9H2,1-5H3. The monoisotopic (exact) mass is 230 g/mol. The van der Waals surface area contributed by atoms with E-state index in [0.29, 0.717) is 5.92 Å². The van der Waals surface area contributed by atoms with Crippen molar-refractivity contribution in [2.45, 2.75) is 52.6 Å². The molecule has 92 valence electrons. The van der Waals surface area contributed by atoms with Crippen LogP contribution in [0.4, 0.5) is 0 Å². The fraction of sp³-hybridized carbons (Fsp3) is 0.533. The van der Waals surface area contributed by atoms with E-state index in [2.05, 4.69) is 50.4 Å². The largest absolute Gasteiger partial charge is 0.296 e. The van der Waals surface area contributed by atoms with Crippen LogP contribution in [0.2, 0.25) is 0 Å². The van der Waals surface area contributed by atoms with Gasteiger partial charge in [0, 0.05) is 6.54 Å². The molecule has 0 saturated heterocycles. The van der Waals surface area contributed by atoms with Crippen LogP contribution in [0.25, 0.3) is 0 Å². The smallest absolute Gasteiger partial charge is 0.101 e. The Labute approximate surface area is 105 Å². The number of hydrogen-bond acceptors (Lipinski definition) is 2. The summed E-state index contributed by atoms with van der Waals surface area (Å²) in [4.78, 5) is 0. The van der Waals surface area contributed by atoms with Gasteiger partial charge in [0.05, 0.1) is 6.07 Å². The minimum Gasteiger partial charge on any atom is -0.296 e. The molecule has 0 unspecified atom stereocenters. The van der Waals surface area contributed by atoms with Crippen molar-refractivity contribution < 1.29 is 0 Å². The van der Waals surface area contributed by atoms with Crippen molar-refractivity contribution in [2.24, 2.45) is 0 Å². The van der Waals surface area contributed by atoms with Crippen LogP contribution < -0.4 is 5.32 Å². The summed E-state index contributed by atoms with van der Waals surface area (Å²) in [6, 6.07) is 8.83. The number of benzene rings is 1. The molecule has 0 radical (unpaired) electrons. The van der Waals surface area contributed by atoms with Crippen molar-refractivity contribution >= 4 is 0 Å². The molecule has 0 fully saturated rings. The van der Waals surface area contributed by atoms with Gasteiger partial charge in [-0.15, -0.1) is 0 Å². The van der Waals surface area contributed by atoms with Crippen molar-refractivity contribution in [3.8, 4) is 6.07 Å². The number of nitriles is 1. The van der Waals surface area contributed by atoms with Gasteiger partial charge in [-0.25, -0.2) is 0 Å². The van der Waals surface area contributed by atoms with Crippen LogP contribution in [0.1, 0.15) is 50.3 Å². The van der Waals surface area contributed by atoms with E-state index in [4.69, 9.17) is 5.26 Å². The van der Waals surface area contributed by atoms with E-state index in [-0.39, 0.29) is 0 Å². The number of nitrogens with zero attached hydrogens (tertiary/aromatic N) is 1. The van der Waals surface area contributed by atoms with E-state index < -0.39 is 5.54 Å². The molecule has 2 heteroatoms. The maximum absolute atomic E-state index is 8.97. The van der Waals surface area contributed by atoms with Gasteiger partial charge in [0.1, 0.15) is 5.54 Å². The quantitative estimate of drug-likeness (QED) is 0.859. The van der Waals surface area contributed by atoms with Gasteiger partial charge in [0.2, 0.25) is 0 Å². The minimum absolute atomic E-state index is 0.472. The minimum atomic E-state index is -0.472. The molecule has 2 nitrogen and oxygen atoms in total. The van der Waals surface area contributed by atoms with E-state index in [1.807, 2.05) is 13.8 Å². The first-order valence-electron chi connectivity index (χ1n) is 6.11. The third-order valence-corrected chi connectivity index (χ3v) is 3.04. The number of aryl methyl sites for hydroxylation is 1. The molecule has 17 heavy (non-hydrogen) atoms. The summed E-state index contributed by atoms with van der Waals surface area (Å²) in [6.45, 7) is 11.0. The van der Waals surface area contributed by atoms with E-state index in [9.17, 15) is 0 Å². The summed E-state index contributed by atoms with van der Waals surface area (Å²) in [5, 5.41) is 12.2. The average molecular weight is 230 g/mol. The second-order valence-corrected chi connectivity index (χ2v) is 5.43. The van der Waals surface area contributed by atoms with Crippen LogP contribution in [0.3, 0.4) is 0 Å². The summed E-state index contributed by atoms with van der Waals surface area (Å²) < 4.78 is 0. The highest BCUT2D eigenvalue weighted by atomic mass is 14.9. The predicted octanol–water partition coefficient (Wildman–Crippen LogP) is 3.51. The van der Waals surface area contributed by atoms with Crippen LogP contribution in [-0.4, -0.2) is 5.54 Å². The molecule has 1 rings (SSSR count). The zero-order valence-corrected chi connectivity index (χ0v) is 11.5. The van der Waals surface area contributed by atoms with E-state index in [0.717, 1.165) is 6.54 Å². The van der Waals surface area contributed by atoms with Gasteiger partial charge < -0.3 is 0 Å². The van der Waals surface area contributed by atoms with E-state index >= 15 is 0 Å². The van der Waals surface area contributed by atoms with Gasteiger partial charge >= 0.3 is 0 Å². The predicted molar refractivity (Wildman–Crippen MR) is 71.8 cm³/mol. The first kappa shape index (κ1) is 13.7. The number of hydrogen-bond donors (Lipinski definition) is 1. The lowest BCUT2D eigenvalue weighted by molar-refractivity contribution is 0.484. The lowest BCUT2D eigenvalue weighted by Gasteiger charge is -2.19. The van der Waals surface area contributed by atoms with Crippen molar-refractivity contribution in [2.75, 3.05) is 0 Å². The second kappa shape index (κ2) is 5.33. The van der Waals surface area contributed by atoms with Gasteiger partial charge in [-0.1, -0.05) is 32.0 Å². The Morgan fingerprint density at radius 1 is 1.35 bits per heavy atom. The average Bonchev–Trinajstić information content (AvgIpc) is 2.27. The molecular weight excluding hydrogens is 208 g/mol. The highest BCUT2D eigenvalue weighted by Crippen LogP contribution is 2.19. The van der Waals surface area contributed by atoms with Gasteiger partial charge in [-0.2, -0.15) is 5.26 Å². The summed E-state index contributed by atoms with van der Waals surface area (Å²) in [6.07, 6.45) is 0. The topological polar surface area (TPSA) is 35.8 Å². The van der Waals surface area contributed by atoms with E-state index in [1.165, 1.54) is 16.7 Å². The van der Waals surface area contributed by atoms with Crippen molar-refractivity contribution in [3.05, 3.63) is 34.9 Å². The lowest BCUT2D eigenvalue weighted by atomic mass is 9.97. The molecule has 1 aromatic carbocycles. The van der Waals surface area contributed by atoms with Crippen LogP contribution in [0, 0.1) is 18.3 Å². The molecule has 0 aromatic heterocycles. The van der Waals surface area contributed by atoms with Crippen LogP contribution in [0.5, 0.6) is 0 Å². The first-order valence-corrected chi connectivity index (χ1v) is 6.11. The normalized spacial score (nSPS) is 11.6. The SMILES string of the molecule is Cc1ccc(C(C)C)cc1CNC(C)(C)C#N. The summed E-state index contributed by atoms with van der Waals surface area (Å²) in [7, 11) is 0. The zero-order chi connectivity index (χ0) is 13.1. The molecule has 0 heterocycles. The van der Waals surface area contributed by atoms with Gasteiger partial charge in [-0.3, -0.25) is 5.32 Å². The molecule has 0 aliphatic heterocycles. The third-order valence-electron chi connectivity index (χ3n) is 3.04. The maximum atomic E-state index is 8.97.